The first kappa shape index (κ1) is 22.2. The van der Waals surface area contributed by atoms with Gasteiger partial charge in [-0.1, -0.05) is 44.9 Å². The molecule has 1 saturated heterocycles. The van der Waals surface area contributed by atoms with Crippen LogP contribution in [-0.2, 0) is 14.4 Å². The van der Waals surface area contributed by atoms with Crippen molar-refractivity contribution >= 4 is 35.0 Å². The fourth-order valence-electron chi connectivity index (χ4n) is 3.26. The average Bonchev–Trinajstić information content (AvgIpc) is 3.02. The molecule has 1 aliphatic heterocycles. The molecule has 0 aliphatic carbocycles. The van der Waals surface area contributed by atoms with Crippen LogP contribution in [-0.4, -0.2) is 53.8 Å². The summed E-state index contributed by atoms with van der Waals surface area (Å²) in [5, 5.41) is 0.583. The van der Waals surface area contributed by atoms with Crippen molar-refractivity contribution in [2.75, 3.05) is 31.2 Å². The van der Waals surface area contributed by atoms with E-state index in [1.807, 2.05) is 33.8 Å². The summed E-state index contributed by atoms with van der Waals surface area (Å²) in [5.41, 5.74) is 1.52. The van der Waals surface area contributed by atoms with Crippen molar-refractivity contribution in [3.63, 3.8) is 0 Å². The van der Waals surface area contributed by atoms with Crippen LogP contribution in [0.4, 0.5) is 5.69 Å². The summed E-state index contributed by atoms with van der Waals surface area (Å²) in [6.45, 7) is 8.67. The summed E-state index contributed by atoms with van der Waals surface area (Å²) in [7, 11) is 0. The topological polar surface area (TPSA) is 60.9 Å². The summed E-state index contributed by atoms with van der Waals surface area (Å²) in [6, 6.07) is 5.39. The third-order valence-electron chi connectivity index (χ3n) is 4.83. The minimum atomic E-state index is -0.207. The number of halogens is 1. The zero-order valence-corrected chi connectivity index (χ0v) is 18.0. The Balaban J connectivity index is 2.07. The molecule has 28 heavy (non-hydrogen) atoms. The number of carbonyl (C=O) groups is 3. The van der Waals surface area contributed by atoms with Gasteiger partial charge in [-0.3, -0.25) is 19.3 Å². The Morgan fingerprint density at radius 1 is 1.29 bits per heavy atom. The monoisotopic (exact) mass is 407 g/mol. The molecule has 1 aliphatic rings. The number of carbonyl (C=O) groups excluding carboxylic acids is 3. The lowest BCUT2D eigenvalue weighted by molar-refractivity contribution is -0.140. The highest BCUT2D eigenvalue weighted by molar-refractivity contribution is 6.31. The Morgan fingerprint density at radius 2 is 2.00 bits per heavy atom. The smallest absolute Gasteiger partial charge is 0.248 e. The Bertz CT molecular complexity index is 736. The van der Waals surface area contributed by atoms with E-state index in [4.69, 9.17) is 11.6 Å². The van der Waals surface area contributed by atoms with Gasteiger partial charge in [-0.25, -0.2) is 0 Å². The first-order chi connectivity index (χ1) is 13.2. The van der Waals surface area contributed by atoms with E-state index in [0.29, 0.717) is 23.7 Å². The minimum absolute atomic E-state index is 0.00281. The van der Waals surface area contributed by atoms with Gasteiger partial charge in [0.15, 0.2) is 0 Å². The van der Waals surface area contributed by atoms with Crippen molar-refractivity contribution in [2.45, 2.75) is 47.0 Å². The first-order valence-corrected chi connectivity index (χ1v) is 10.2. The molecular formula is C21H30ClN3O3. The van der Waals surface area contributed by atoms with Gasteiger partial charge in [0.2, 0.25) is 17.7 Å². The Morgan fingerprint density at radius 3 is 2.64 bits per heavy atom. The summed E-state index contributed by atoms with van der Waals surface area (Å²) >= 11 is 6.17. The molecule has 3 amide bonds. The lowest BCUT2D eigenvalue weighted by Gasteiger charge is -2.26. The van der Waals surface area contributed by atoms with Crippen molar-refractivity contribution in [3.05, 3.63) is 28.8 Å². The van der Waals surface area contributed by atoms with Crippen molar-refractivity contribution < 1.29 is 14.4 Å². The highest BCUT2D eigenvalue weighted by Crippen LogP contribution is 2.28. The predicted octanol–water partition coefficient (Wildman–Crippen LogP) is 3.46. The Kier molecular flexibility index (Phi) is 7.87. The maximum atomic E-state index is 12.8. The molecule has 0 saturated carbocycles. The second kappa shape index (κ2) is 9.92. The van der Waals surface area contributed by atoms with Gasteiger partial charge in [0.25, 0.3) is 0 Å². The standard InChI is InChI=1S/C21H30ClN3O3/c1-5-6-10-19(26)23(11-15(2)3)12-20(27)24-13-21(28)25(14-24)18-9-7-8-17(22)16(18)4/h7-9,15H,5-6,10-14H2,1-4H3. The predicted molar refractivity (Wildman–Crippen MR) is 111 cm³/mol. The van der Waals surface area contributed by atoms with E-state index >= 15 is 0 Å². The van der Waals surface area contributed by atoms with Crippen LogP contribution in [0.25, 0.3) is 0 Å². The zero-order valence-electron chi connectivity index (χ0n) is 17.2. The largest absolute Gasteiger partial charge is 0.333 e. The van der Waals surface area contributed by atoms with E-state index in [1.54, 1.807) is 21.9 Å². The number of benzene rings is 1. The molecule has 1 aromatic carbocycles. The van der Waals surface area contributed by atoms with E-state index in [1.165, 1.54) is 4.90 Å². The summed E-state index contributed by atoms with van der Waals surface area (Å²) in [6.07, 6.45) is 2.19. The highest BCUT2D eigenvalue weighted by Gasteiger charge is 2.33. The number of anilines is 1. The second-order valence-corrected chi connectivity index (χ2v) is 8.12. The number of amides is 3. The molecule has 1 heterocycles. The van der Waals surface area contributed by atoms with E-state index in [0.717, 1.165) is 18.4 Å². The SMILES string of the molecule is CCCCC(=O)N(CC(=O)N1CC(=O)N(c2cccc(Cl)c2C)C1)CC(C)C. The van der Waals surface area contributed by atoms with Gasteiger partial charge in [-0.05, 0) is 37.0 Å². The van der Waals surface area contributed by atoms with E-state index in [9.17, 15) is 14.4 Å². The van der Waals surface area contributed by atoms with Crippen LogP contribution in [0.3, 0.4) is 0 Å². The summed E-state index contributed by atoms with van der Waals surface area (Å²) in [4.78, 5) is 42.5. The lowest BCUT2D eigenvalue weighted by Crippen LogP contribution is -2.44. The van der Waals surface area contributed by atoms with Crippen molar-refractivity contribution in [1.82, 2.24) is 9.80 Å². The zero-order chi connectivity index (χ0) is 20.8. The van der Waals surface area contributed by atoms with Gasteiger partial charge in [-0.15, -0.1) is 0 Å². The molecule has 1 aromatic rings. The van der Waals surface area contributed by atoms with Crippen LogP contribution in [0, 0.1) is 12.8 Å². The molecule has 0 N–H and O–H groups in total. The molecule has 1 fully saturated rings. The number of unbranched alkanes of at least 4 members (excludes halogenated alkanes) is 1. The summed E-state index contributed by atoms with van der Waals surface area (Å²) < 4.78 is 0. The number of hydrogen-bond acceptors (Lipinski definition) is 3. The summed E-state index contributed by atoms with van der Waals surface area (Å²) in [5.74, 6) is -0.0892. The van der Waals surface area contributed by atoms with E-state index in [-0.39, 0.29) is 43.4 Å². The van der Waals surface area contributed by atoms with E-state index < -0.39 is 0 Å². The van der Waals surface area contributed by atoms with Crippen LogP contribution in [0.1, 0.15) is 45.6 Å². The molecule has 0 bridgehead atoms. The van der Waals surface area contributed by atoms with Crippen LogP contribution in [0.2, 0.25) is 5.02 Å². The van der Waals surface area contributed by atoms with Crippen LogP contribution < -0.4 is 4.90 Å². The number of hydrogen-bond donors (Lipinski definition) is 0. The normalized spacial score (nSPS) is 14.1. The maximum Gasteiger partial charge on any atom is 0.248 e. The molecule has 7 heteroatoms. The average molecular weight is 408 g/mol. The fraction of sp³-hybridized carbons (Fsp3) is 0.571. The maximum absolute atomic E-state index is 12.8. The molecule has 0 radical (unpaired) electrons. The van der Waals surface area contributed by atoms with Gasteiger partial charge >= 0.3 is 0 Å². The lowest BCUT2D eigenvalue weighted by atomic mass is 10.1. The van der Waals surface area contributed by atoms with Gasteiger partial charge in [0, 0.05) is 23.7 Å². The van der Waals surface area contributed by atoms with Crippen LogP contribution in [0.5, 0.6) is 0 Å². The van der Waals surface area contributed by atoms with Gasteiger partial charge < -0.3 is 9.80 Å². The first-order valence-electron chi connectivity index (χ1n) is 9.85. The Labute approximate surface area is 172 Å². The second-order valence-electron chi connectivity index (χ2n) is 7.71. The van der Waals surface area contributed by atoms with Crippen LogP contribution >= 0.6 is 11.6 Å². The molecule has 0 spiro atoms. The molecule has 0 unspecified atom stereocenters. The van der Waals surface area contributed by atoms with Gasteiger partial charge in [-0.2, -0.15) is 0 Å². The number of nitrogens with zero attached hydrogens (tertiary/aromatic N) is 3. The fourth-order valence-corrected chi connectivity index (χ4v) is 3.43. The molecular weight excluding hydrogens is 378 g/mol. The van der Waals surface area contributed by atoms with E-state index in [2.05, 4.69) is 0 Å². The molecule has 154 valence electrons. The Hall–Kier alpha value is -2.08. The minimum Gasteiger partial charge on any atom is -0.333 e. The molecule has 0 aromatic heterocycles. The molecule has 6 nitrogen and oxygen atoms in total. The highest BCUT2D eigenvalue weighted by atomic mass is 35.5. The third-order valence-corrected chi connectivity index (χ3v) is 5.24. The molecule has 0 atom stereocenters. The van der Waals surface area contributed by atoms with Crippen molar-refractivity contribution in [1.29, 1.82) is 0 Å². The third kappa shape index (κ3) is 5.47. The van der Waals surface area contributed by atoms with Crippen molar-refractivity contribution in [3.8, 4) is 0 Å². The van der Waals surface area contributed by atoms with Gasteiger partial charge in [0.05, 0.1) is 6.54 Å². The van der Waals surface area contributed by atoms with Gasteiger partial charge in [0.1, 0.15) is 13.2 Å². The van der Waals surface area contributed by atoms with Crippen molar-refractivity contribution in [2.24, 2.45) is 5.92 Å². The quantitative estimate of drug-likeness (QED) is 0.663. The number of rotatable bonds is 8. The molecule has 2 rings (SSSR count). The van der Waals surface area contributed by atoms with Crippen LogP contribution in [0.15, 0.2) is 18.2 Å².